The summed E-state index contributed by atoms with van der Waals surface area (Å²) in [7, 11) is 1.79. The molecule has 216 valence electrons. The molecular formula is C32H31ClF2N6O. The Morgan fingerprint density at radius 2 is 1.76 bits per heavy atom. The number of aliphatic imine (C=N–C) groups is 1. The number of aromatic nitrogens is 2. The molecule has 4 aromatic rings. The minimum absolute atomic E-state index is 0.0776. The van der Waals surface area contributed by atoms with E-state index in [4.69, 9.17) is 16.6 Å². The molecule has 1 aliphatic rings. The number of carbonyl (C=O) groups excluding carboxylic acids is 1. The van der Waals surface area contributed by atoms with E-state index in [1.54, 1.807) is 60.6 Å². The Morgan fingerprint density at radius 3 is 2.45 bits per heavy atom. The van der Waals surface area contributed by atoms with E-state index in [9.17, 15) is 13.6 Å². The number of hydrogen-bond donors (Lipinski definition) is 2. The molecule has 0 unspecified atom stereocenters. The van der Waals surface area contributed by atoms with Crippen molar-refractivity contribution in [1.29, 1.82) is 0 Å². The van der Waals surface area contributed by atoms with E-state index in [-0.39, 0.29) is 29.3 Å². The molecule has 0 radical (unpaired) electrons. The fourth-order valence-electron chi connectivity index (χ4n) is 5.17. The molecule has 0 atom stereocenters. The van der Waals surface area contributed by atoms with Gasteiger partial charge < -0.3 is 15.5 Å². The normalized spacial score (nSPS) is 12.6. The van der Waals surface area contributed by atoms with E-state index >= 15 is 0 Å². The molecule has 0 aliphatic carbocycles. The number of fused-ring (bicyclic) bond motifs is 3. The zero-order chi connectivity index (χ0) is 30.0. The molecule has 1 aromatic heterocycles. The monoisotopic (exact) mass is 588 g/mol. The minimum Gasteiger partial charge on any atom is -0.340 e. The second-order valence-electron chi connectivity index (χ2n) is 10.8. The number of likely N-dealkylation sites (N-methyl/N-ethyl adjacent to an activating group) is 2. The van der Waals surface area contributed by atoms with Crippen molar-refractivity contribution in [2.45, 2.75) is 32.9 Å². The van der Waals surface area contributed by atoms with Crippen LogP contribution < -0.4 is 10.6 Å². The molecule has 1 amide bonds. The van der Waals surface area contributed by atoms with Gasteiger partial charge in [0, 0.05) is 58.3 Å². The maximum absolute atomic E-state index is 14.8. The Balaban J connectivity index is 1.41. The summed E-state index contributed by atoms with van der Waals surface area (Å²) in [6, 6.07) is 15.9. The number of halogens is 3. The van der Waals surface area contributed by atoms with E-state index in [0.717, 1.165) is 6.54 Å². The van der Waals surface area contributed by atoms with E-state index in [0.29, 0.717) is 51.2 Å². The lowest BCUT2D eigenvalue weighted by Crippen LogP contribution is -2.49. The Labute approximate surface area is 248 Å². The zero-order valence-corrected chi connectivity index (χ0v) is 24.6. The van der Waals surface area contributed by atoms with Gasteiger partial charge in [-0.3, -0.25) is 9.79 Å². The third-order valence-electron chi connectivity index (χ3n) is 6.99. The van der Waals surface area contributed by atoms with Crippen LogP contribution in [0.15, 0.2) is 71.9 Å². The highest BCUT2D eigenvalue weighted by atomic mass is 35.5. The number of benzene rings is 3. The molecular weight excluding hydrogens is 558 g/mol. The summed E-state index contributed by atoms with van der Waals surface area (Å²) in [5.74, 6) is -1.19. The average Bonchev–Trinajstić information content (AvgIpc) is 3.09. The van der Waals surface area contributed by atoms with Gasteiger partial charge in [0.1, 0.15) is 11.6 Å². The number of hydrogen-bond acceptors (Lipinski definition) is 6. The van der Waals surface area contributed by atoms with Gasteiger partial charge in [-0.2, -0.15) is 0 Å². The van der Waals surface area contributed by atoms with Gasteiger partial charge in [-0.15, -0.1) is 0 Å². The topological polar surface area (TPSA) is 82.5 Å². The van der Waals surface area contributed by atoms with Crippen molar-refractivity contribution >= 4 is 34.9 Å². The highest BCUT2D eigenvalue weighted by Crippen LogP contribution is 2.34. The first kappa shape index (κ1) is 29.3. The van der Waals surface area contributed by atoms with Crippen molar-refractivity contribution in [3.05, 3.63) is 106 Å². The standard InChI is InChI=1S/C32H31ClF2N6O/c1-5-38-32(2,3)18-41(4)30(42)19-9-12-22(13-10-19)39-31-37-17-20-16-36-29(27-25(34)7-6-8-26(27)35)24-15-21(33)11-14-23(24)28(20)40-31/h6-15,17,38H,5,16,18H2,1-4H3,(H,37,39,40). The minimum atomic E-state index is -0.714. The van der Waals surface area contributed by atoms with Crippen molar-refractivity contribution in [3.63, 3.8) is 0 Å². The van der Waals surface area contributed by atoms with Crippen LogP contribution in [0.3, 0.4) is 0 Å². The predicted octanol–water partition coefficient (Wildman–Crippen LogP) is 6.63. The maximum atomic E-state index is 14.8. The molecule has 0 spiro atoms. The van der Waals surface area contributed by atoms with Crippen LogP contribution in [0.5, 0.6) is 0 Å². The van der Waals surface area contributed by atoms with E-state index in [2.05, 4.69) is 34.5 Å². The molecule has 0 bridgehead atoms. The maximum Gasteiger partial charge on any atom is 0.253 e. The first-order valence-electron chi connectivity index (χ1n) is 13.6. The Hall–Kier alpha value is -4.21. The number of carbonyl (C=O) groups is 1. The fraction of sp³-hybridized carbons (Fsp3) is 0.250. The van der Waals surface area contributed by atoms with E-state index < -0.39 is 11.6 Å². The van der Waals surface area contributed by atoms with Gasteiger partial charge in [0.25, 0.3) is 5.91 Å². The molecule has 7 nitrogen and oxygen atoms in total. The third-order valence-corrected chi connectivity index (χ3v) is 7.22. The summed E-state index contributed by atoms with van der Waals surface area (Å²) < 4.78 is 29.6. The molecule has 0 saturated heterocycles. The largest absolute Gasteiger partial charge is 0.340 e. The van der Waals surface area contributed by atoms with E-state index in [1.165, 1.54) is 18.2 Å². The third kappa shape index (κ3) is 6.17. The van der Waals surface area contributed by atoms with E-state index in [1.807, 2.05) is 6.92 Å². The molecule has 5 rings (SSSR count). The summed E-state index contributed by atoms with van der Waals surface area (Å²) in [4.78, 5) is 28.4. The summed E-state index contributed by atoms with van der Waals surface area (Å²) in [6.45, 7) is 7.66. The first-order valence-corrected chi connectivity index (χ1v) is 14.0. The van der Waals surface area contributed by atoms with Crippen LogP contribution in [0.4, 0.5) is 20.4 Å². The van der Waals surface area contributed by atoms with Crippen molar-refractivity contribution in [1.82, 2.24) is 20.2 Å². The average molecular weight is 589 g/mol. The Morgan fingerprint density at radius 1 is 1.05 bits per heavy atom. The van der Waals surface area contributed by atoms with Crippen molar-refractivity contribution in [2.24, 2.45) is 4.99 Å². The molecule has 2 N–H and O–H groups in total. The molecule has 10 heteroatoms. The molecule has 2 heterocycles. The lowest BCUT2D eigenvalue weighted by atomic mass is 9.95. The molecule has 3 aromatic carbocycles. The molecule has 1 aliphatic heterocycles. The van der Waals surface area contributed by atoms with Crippen LogP contribution in [-0.4, -0.2) is 52.2 Å². The van der Waals surface area contributed by atoms with Crippen LogP contribution in [0, 0.1) is 11.6 Å². The zero-order valence-electron chi connectivity index (χ0n) is 23.8. The summed E-state index contributed by atoms with van der Waals surface area (Å²) in [6.07, 6.45) is 1.64. The van der Waals surface area contributed by atoms with Crippen molar-refractivity contribution < 1.29 is 13.6 Å². The Kier molecular flexibility index (Phi) is 8.34. The summed E-state index contributed by atoms with van der Waals surface area (Å²) in [5, 5.41) is 6.97. The number of anilines is 2. The van der Waals surface area contributed by atoms with Gasteiger partial charge in [0.15, 0.2) is 0 Å². The quantitative estimate of drug-likeness (QED) is 0.241. The first-order chi connectivity index (χ1) is 20.1. The van der Waals surface area contributed by atoms with Crippen LogP contribution in [0.1, 0.15) is 47.8 Å². The van der Waals surface area contributed by atoms with Gasteiger partial charge >= 0.3 is 0 Å². The van der Waals surface area contributed by atoms with Crippen LogP contribution in [0.25, 0.3) is 11.3 Å². The number of rotatable bonds is 8. The second-order valence-corrected chi connectivity index (χ2v) is 11.2. The SMILES string of the molecule is CCNC(C)(C)CN(C)C(=O)c1ccc(Nc2ncc3c(n2)-c2ccc(Cl)cc2C(c2c(F)cccc2F)=NC3)cc1. The van der Waals surface area contributed by atoms with Crippen LogP contribution in [0.2, 0.25) is 5.02 Å². The number of amides is 1. The van der Waals surface area contributed by atoms with Crippen LogP contribution >= 0.6 is 11.6 Å². The van der Waals surface area contributed by atoms with Gasteiger partial charge in [-0.1, -0.05) is 30.7 Å². The lowest BCUT2D eigenvalue weighted by Gasteiger charge is -2.31. The van der Waals surface area contributed by atoms with Crippen LogP contribution in [-0.2, 0) is 6.54 Å². The number of nitrogens with one attached hydrogen (secondary N) is 2. The summed E-state index contributed by atoms with van der Waals surface area (Å²) in [5.41, 5.74) is 3.36. The van der Waals surface area contributed by atoms with Crippen molar-refractivity contribution in [2.75, 3.05) is 25.5 Å². The Bertz CT molecular complexity index is 1650. The number of nitrogens with zero attached hydrogens (tertiary/aromatic N) is 4. The lowest BCUT2D eigenvalue weighted by molar-refractivity contribution is 0.0757. The summed E-state index contributed by atoms with van der Waals surface area (Å²) >= 11 is 6.31. The van der Waals surface area contributed by atoms with Gasteiger partial charge in [0.05, 0.1) is 23.5 Å². The highest BCUT2D eigenvalue weighted by molar-refractivity contribution is 6.31. The fourth-order valence-corrected chi connectivity index (χ4v) is 5.34. The van der Waals surface area contributed by atoms with Gasteiger partial charge in [0.2, 0.25) is 5.95 Å². The second kappa shape index (κ2) is 12.0. The predicted molar refractivity (Wildman–Crippen MR) is 163 cm³/mol. The smallest absolute Gasteiger partial charge is 0.253 e. The highest BCUT2D eigenvalue weighted by Gasteiger charge is 2.26. The molecule has 0 saturated carbocycles. The molecule has 0 fully saturated rings. The molecule has 42 heavy (non-hydrogen) atoms. The van der Waals surface area contributed by atoms with Gasteiger partial charge in [-0.25, -0.2) is 18.7 Å². The van der Waals surface area contributed by atoms with Gasteiger partial charge in [-0.05, 0) is 68.9 Å². The van der Waals surface area contributed by atoms with Crippen molar-refractivity contribution in [3.8, 4) is 11.3 Å².